The lowest BCUT2D eigenvalue weighted by Gasteiger charge is -2.52. The van der Waals surface area contributed by atoms with Gasteiger partial charge in [0, 0.05) is 24.0 Å². The third kappa shape index (κ3) is 1.19. The van der Waals surface area contributed by atoms with Crippen molar-refractivity contribution >= 4 is 5.91 Å². The molecule has 7 aliphatic rings. The number of carbonyl (C=O) groups is 1. The average molecular weight is 343 g/mol. The molecule has 2 spiro atoms. The Morgan fingerprint density at radius 3 is 2.84 bits per heavy atom. The van der Waals surface area contributed by atoms with E-state index in [0.29, 0.717) is 11.8 Å². The molecule has 3 saturated heterocycles. The zero-order valence-electron chi connectivity index (χ0n) is 15.1. The minimum atomic E-state index is -0.183. The van der Waals surface area contributed by atoms with Gasteiger partial charge in [0.05, 0.1) is 6.10 Å². The standard InChI is InChI=1S/C20H25NO4/c1-9(2)18-8-19-13(23-19)6-12-11-7-21-16(22)10(11)4-5-17(12,3)20(19)15(25-20)14(18)24-18/h9,12-15H,4-8H2,1-3H3,(H,21,22)/t12-,13-,14-,15-,17-,18-,19-,20+/m0/s1. The molecule has 5 fully saturated rings. The van der Waals surface area contributed by atoms with Crippen LogP contribution < -0.4 is 5.32 Å². The minimum absolute atomic E-state index is 0.0212. The number of hydrogen-bond donors (Lipinski definition) is 1. The number of carbonyl (C=O) groups excluding carboxylic acids is 1. The first-order valence-corrected chi connectivity index (χ1v) is 9.93. The molecule has 134 valence electrons. The summed E-state index contributed by atoms with van der Waals surface area (Å²) in [6.07, 6.45) is 4.66. The Hall–Kier alpha value is -0.910. The van der Waals surface area contributed by atoms with Crippen LogP contribution in [-0.4, -0.2) is 47.6 Å². The second-order valence-electron chi connectivity index (χ2n) is 9.99. The predicted octanol–water partition coefficient (Wildman–Crippen LogP) is 1.71. The highest BCUT2D eigenvalue weighted by molar-refractivity contribution is 5.97. The van der Waals surface area contributed by atoms with Crippen LogP contribution in [0.15, 0.2) is 11.1 Å². The van der Waals surface area contributed by atoms with Crippen LogP contribution in [0.1, 0.15) is 46.5 Å². The maximum Gasteiger partial charge on any atom is 0.247 e. The summed E-state index contributed by atoms with van der Waals surface area (Å²) in [5.74, 6) is 1.07. The van der Waals surface area contributed by atoms with Crippen molar-refractivity contribution in [3.63, 3.8) is 0 Å². The Bertz CT molecular complexity index is 791. The second kappa shape index (κ2) is 3.58. The van der Waals surface area contributed by atoms with E-state index in [1.165, 1.54) is 5.57 Å². The first-order valence-electron chi connectivity index (χ1n) is 9.93. The summed E-state index contributed by atoms with van der Waals surface area (Å²) in [6, 6.07) is 0. The second-order valence-corrected chi connectivity index (χ2v) is 9.99. The highest BCUT2D eigenvalue weighted by atomic mass is 16.7. The number of rotatable bonds is 1. The van der Waals surface area contributed by atoms with Crippen LogP contribution in [-0.2, 0) is 19.0 Å². The quantitative estimate of drug-likeness (QED) is 0.736. The Morgan fingerprint density at radius 1 is 1.20 bits per heavy atom. The minimum Gasteiger partial charge on any atom is -0.363 e. The van der Waals surface area contributed by atoms with Crippen LogP contribution in [0.25, 0.3) is 0 Å². The van der Waals surface area contributed by atoms with Crippen molar-refractivity contribution in [2.75, 3.05) is 6.54 Å². The van der Waals surface area contributed by atoms with Gasteiger partial charge < -0.3 is 19.5 Å². The molecule has 0 bridgehead atoms. The van der Waals surface area contributed by atoms with E-state index in [0.717, 1.165) is 37.8 Å². The molecule has 3 aliphatic carbocycles. The molecule has 25 heavy (non-hydrogen) atoms. The Morgan fingerprint density at radius 2 is 2.04 bits per heavy atom. The number of epoxide rings is 3. The average Bonchev–Trinajstić information content (AvgIpc) is 3.45. The van der Waals surface area contributed by atoms with Crippen molar-refractivity contribution in [2.45, 2.75) is 81.6 Å². The fourth-order valence-electron chi connectivity index (χ4n) is 7.69. The van der Waals surface area contributed by atoms with E-state index in [2.05, 4.69) is 26.1 Å². The summed E-state index contributed by atoms with van der Waals surface area (Å²) in [7, 11) is 0. The molecule has 0 radical (unpaired) electrons. The van der Waals surface area contributed by atoms with Gasteiger partial charge >= 0.3 is 0 Å². The summed E-state index contributed by atoms with van der Waals surface area (Å²) in [6.45, 7) is 7.67. The molecule has 8 atom stereocenters. The summed E-state index contributed by atoms with van der Waals surface area (Å²) in [5.41, 5.74) is 2.13. The van der Waals surface area contributed by atoms with Gasteiger partial charge in [0.2, 0.25) is 5.91 Å². The Labute approximate surface area is 147 Å². The highest BCUT2D eigenvalue weighted by Crippen LogP contribution is 2.82. The smallest absolute Gasteiger partial charge is 0.247 e. The molecule has 7 rings (SSSR count). The number of amides is 1. The zero-order chi connectivity index (χ0) is 17.0. The summed E-state index contributed by atoms with van der Waals surface area (Å²) in [5, 5.41) is 3.06. The largest absolute Gasteiger partial charge is 0.363 e. The van der Waals surface area contributed by atoms with Crippen LogP contribution >= 0.6 is 0 Å². The highest BCUT2D eigenvalue weighted by Gasteiger charge is 2.97. The molecule has 0 unspecified atom stereocenters. The van der Waals surface area contributed by atoms with Crippen molar-refractivity contribution in [1.29, 1.82) is 0 Å². The molecule has 1 N–H and O–H groups in total. The predicted molar refractivity (Wildman–Crippen MR) is 87.8 cm³/mol. The molecule has 0 aromatic heterocycles. The van der Waals surface area contributed by atoms with E-state index in [4.69, 9.17) is 14.2 Å². The zero-order valence-corrected chi connectivity index (χ0v) is 15.1. The third-order valence-electron chi connectivity index (χ3n) is 9.15. The molecule has 4 aliphatic heterocycles. The van der Waals surface area contributed by atoms with Crippen LogP contribution in [0.3, 0.4) is 0 Å². The lowest BCUT2D eigenvalue weighted by Crippen LogP contribution is -2.63. The van der Waals surface area contributed by atoms with E-state index < -0.39 is 0 Å². The van der Waals surface area contributed by atoms with E-state index >= 15 is 0 Å². The first-order chi connectivity index (χ1) is 11.9. The fourth-order valence-corrected chi connectivity index (χ4v) is 7.69. The third-order valence-corrected chi connectivity index (χ3v) is 9.15. The summed E-state index contributed by atoms with van der Waals surface area (Å²) < 4.78 is 19.4. The molecule has 0 aromatic rings. The number of nitrogens with one attached hydrogen (secondary N) is 1. The molecular weight excluding hydrogens is 318 g/mol. The van der Waals surface area contributed by atoms with Crippen LogP contribution in [0.2, 0.25) is 0 Å². The van der Waals surface area contributed by atoms with Crippen molar-refractivity contribution in [2.24, 2.45) is 17.3 Å². The lowest BCUT2D eigenvalue weighted by atomic mass is 9.47. The number of fused-ring (bicyclic) bond motifs is 4. The maximum atomic E-state index is 12.2. The van der Waals surface area contributed by atoms with Crippen molar-refractivity contribution < 1.29 is 19.0 Å². The monoisotopic (exact) mass is 343 g/mol. The van der Waals surface area contributed by atoms with Gasteiger partial charge in [-0.25, -0.2) is 0 Å². The molecule has 2 saturated carbocycles. The van der Waals surface area contributed by atoms with Gasteiger partial charge in [0.1, 0.15) is 29.0 Å². The van der Waals surface area contributed by atoms with Crippen molar-refractivity contribution in [3.05, 3.63) is 11.1 Å². The van der Waals surface area contributed by atoms with Gasteiger partial charge in [-0.1, -0.05) is 20.8 Å². The normalized spacial score (nSPS) is 62.2. The molecule has 0 aromatic carbocycles. The van der Waals surface area contributed by atoms with Crippen molar-refractivity contribution in [3.8, 4) is 0 Å². The molecule has 1 amide bonds. The van der Waals surface area contributed by atoms with Gasteiger partial charge in [-0.2, -0.15) is 0 Å². The van der Waals surface area contributed by atoms with Gasteiger partial charge in [-0.15, -0.1) is 0 Å². The molecule has 5 heteroatoms. The number of hydrogen-bond acceptors (Lipinski definition) is 4. The SMILES string of the molecule is CC(C)[C@@]12C[C@]34O[C@H]3C[C@H]3C5=C(CC[C@]3(C)[C@@]43O[C@H]3[C@@H]1O2)C(=O)NC5. The van der Waals surface area contributed by atoms with Gasteiger partial charge in [0.25, 0.3) is 0 Å². The van der Waals surface area contributed by atoms with Crippen molar-refractivity contribution in [1.82, 2.24) is 5.32 Å². The van der Waals surface area contributed by atoms with Gasteiger partial charge in [-0.3, -0.25) is 4.79 Å². The first kappa shape index (κ1) is 14.2. The Kier molecular flexibility index (Phi) is 2.03. The topological polar surface area (TPSA) is 66.7 Å². The van der Waals surface area contributed by atoms with Crippen LogP contribution in [0.5, 0.6) is 0 Å². The van der Waals surface area contributed by atoms with Crippen LogP contribution in [0, 0.1) is 17.3 Å². The van der Waals surface area contributed by atoms with E-state index in [9.17, 15) is 4.79 Å². The Balaban J connectivity index is 1.36. The summed E-state index contributed by atoms with van der Waals surface area (Å²) >= 11 is 0. The number of ether oxygens (including phenoxy) is 3. The summed E-state index contributed by atoms with van der Waals surface area (Å²) in [4.78, 5) is 12.2. The molecule has 4 heterocycles. The van der Waals surface area contributed by atoms with Crippen LogP contribution in [0.4, 0.5) is 0 Å². The fraction of sp³-hybridized carbons (Fsp3) is 0.850. The maximum absolute atomic E-state index is 12.2. The van der Waals surface area contributed by atoms with E-state index in [1.807, 2.05) is 0 Å². The van der Waals surface area contributed by atoms with E-state index in [1.54, 1.807) is 0 Å². The van der Waals surface area contributed by atoms with E-state index in [-0.39, 0.29) is 46.4 Å². The van der Waals surface area contributed by atoms with Gasteiger partial charge in [-0.05, 0) is 36.7 Å². The lowest BCUT2D eigenvalue weighted by molar-refractivity contribution is -0.117. The van der Waals surface area contributed by atoms with Gasteiger partial charge in [0.15, 0.2) is 0 Å². The molecular formula is C20H25NO4. The molecule has 5 nitrogen and oxygen atoms in total.